The smallest absolute Gasteiger partial charge is 0.262 e. The molecule has 0 atom stereocenters. The van der Waals surface area contributed by atoms with Crippen LogP contribution in [0.15, 0.2) is 33.4 Å². The number of aromatic nitrogens is 1. The van der Waals surface area contributed by atoms with Crippen LogP contribution in [0.3, 0.4) is 0 Å². The lowest BCUT2D eigenvalue weighted by atomic mass is 10.4. The van der Waals surface area contributed by atoms with Gasteiger partial charge in [-0.3, -0.25) is 0 Å². The van der Waals surface area contributed by atoms with Crippen molar-refractivity contribution in [2.24, 2.45) is 0 Å². The molecule has 0 aliphatic carbocycles. The average molecular weight is 149 g/mol. The van der Waals surface area contributed by atoms with Crippen molar-refractivity contribution in [3.05, 3.63) is 30.4 Å². The second kappa shape index (κ2) is 2.27. The van der Waals surface area contributed by atoms with E-state index in [4.69, 9.17) is 8.83 Å². The maximum atomic E-state index is 5.22. The molecule has 0 aromatic carbocycles. The summed E-state index contributed by atoms with van der Waals surface area (Å²) in [5.41, 5.74) is 0. The van der Waals surface area contributed by atoms with Gasteiger partial charge in [0.05, 0.1) is 12.5 Å². The van der Waals surface area contributed by atoms with E-state index >= 15 is 0 Å². The summed E-state index contributed by atoms with van der Waals surface area (Å²) < 4.78 is 10.3. The van der Waals surface area contributed by atoms with Gasteiger partial charge in [-0.05, 0) is 19.1 Å². The molecule has 2 rings (SSSR count). The summed E-state index contributed by atoms with van der Waals surface area (Å²) in [7, 11) is 0. The molecule has 0 radical (unpaired) electrons. The van der Waals surface area contributed by atoms with Gasteiger partial charge < -0.3 is 8.83 Å². The van der Waals surface area contributed by atoms with E-state index in [1.807, 2.05) is 13.0 Å². The van der Waals surface area contributed by atoms with E-state index in [9.17, 15) is 0 Å². The highest BCUT2D eigenvalue weighted by Crippen LogP contribution is 2.18. The maximum absolute atomic E-state index is 5.22. The first kappa shape index (κ1) is 6.22. The summed E-state index contributed by atoms with van der Waals surface area (Å²) in [6.07, 6.45) is 3.26. The number of aryl methyl sites for hydroxylation is 1. The van der Waals surface area contributed by atoms with E-state index < -0.39 is 0 Å². The van der Waals surface area contributed by atoms with Gasteiger partial charge >= 0.3 is 0 Å². The molecule has 3 heteroatoms. The SMILES string of the molecule is Cc1cnc(-c2ccco2)o1. The van der Waals surface area contributed by atoms with Gasteiger partial charge in [0, 0.05) is 0 Å². The third-order valence-electron chi connectivity index (χ3n) is 1.35. The highest BCUT2D eigenvalue weighted by molar-refractivity contribution is 5.43. The molecule has 2 heterocycles. The Labute approximate surface area is 63.7 Å². The number of nitrogens with zero attached hydrogens (tertiary/aromatic N) is 1. The van der Waals surface area contributed by atoms with Crippen molar-refractivity contribution in [3.63, 3.8) is 0 Å². The van der Waals surface area contributed by atoms with Crippen LogP contribution in [0.2, 0.25) is 0 Å². The first-order valence-corrected chi connectivity index (χ1v) is 3.32. The van der Waals surface area contributed by atoms with Gasteiger partial charge in [-0.25, -0.2) is 4.98 Å². The van der Waals surface area contributed by atoms with Gasteiger partial charge in [0.25, 0.3) is 5.89 Å². The summed E-state index contributed by atoms with van der Waals surface area (Å²) in [5.74, 6) is 1.99. The Morgan fingerprint density at radius 2 is 2.36 bits per heavy atom. The van der Waals surface area contributed by atoms with Crippen molar-refractivity contribution < 1.29 is 8.83 Å². The zero-order chi connectivity index (χ0) is 7.68. The fourth-order valence-corrected chi connectivity index (χ4v) is 0.869. The molecule has 0 saturated heterocycles. The van der Waals surface area contributed by atoms with Gasteiger partial charge in [0.2, 0.25) is 0 Å². The van der Waals surface area contributed by atoms with Crippen molar-refractivity contribution in [2.75, 3.05) is 0 Å². The number of furan rings is 1. The second-order valence-electron chi connectivity index (χ2n) is 2.25. The Morgan fingerprint density at radius 1 is 1.45 bits per heavy atom. The minimum Gasteiger partial charge on any atom is -0.459 e. The third-order valence-corrected chi connectivity index (χ3v) is 1.35. The molecule has 11 heavy (non-hydrogen) atoms. The van der Waals surface area contributed by atoms with Crippen LogP contribution < -0.4 is 0 Å². The summed E-state index contributed by atoms with van der Waals surface area (Å²) in [4.78, 5) is 4.00. The Balaban J connectivity index is 2.45. The predicted octanol–water partition coefficient (Wildman–Crippen LogP) is 2.24. The van der Waals surface area contributed by atoms with Crippen LogP contribution >= 0.6 is 0 Å². The van der Waals surface area contributed by atoms with E-state index in [2.05, 4.69) is 4.98 Å². The lowest BCUT2D eigenvalue weighted by Crippen LogP contribution is -1.68. The van der Waals surface area contributed by atoms with E-state index in [0.717, 1.165) is 5.76 Å². The summed E-state index contributed by atoms with van der Waals surface area (Å²) in [6, 6.07) is 3.61. The molecule has 0 spiro atoms. The van der Waals surface area contributed by atoms with Gasteiger partial charge in [-0.2, -0.15) is 0 Å². The molecule has 0 aliphatic rings. The predicted molar refractivity (Wildman–Crippen MR) is 38.9 cm³/mol. The van der Waals surface area contributed by atoms with Crippen molar-refractivity contribution in [1.29, 1.82) is 0 Å². The monoisotopic (exact) mass is 149 g/mol. The number of hydrogen-bond acceptors (Lipinski definition) is 3. The van der Waals surface area contributed by atoms with E-state index in [1.165, 1.54) is 0 Å². The van der Waals surface area contributed by atoms with Crippen molar-refractivity contribution in [3.8, 4) is 11.7 Å². The van der Waals surface area contributed by atoms with E-state index in [1.54, 1.807) is 18.5 Å². The molecule has 0 N–H and O–H groups in total. The fraction of sp³-hybridized carbons (Fsp3) is 0.125. The molecule has 2 aromatic rings. The molecular formula is C8H7NO2. The number of rotatable bonds is 1. The van der Waals surface area contributed by atoms with Gasteiger partial charge in [-0.15, -0.1) is 0 Å². The minimum atomic E-state index is 0.535. The summed E-state index contributed by atoms with van der Waals surface area (Å²) >= 11 is 0. The Hall–Kier alpha value is -1.51. The van der Waals surface area contributed by atoms with Crippen LogP contribution in [0.25, 0.3) is 11.7 Å². The van der Waals surface area contributed by atoms with Crippen molar-refractivity contribution >= 4 is 0 Å². The molecule has 3 nitrogen and oxygen atoms in total. The van der Waals surface area contributed by atoms with Gasteiger partial charge in [0.1, 0.15) is 5.76 Å². The van der Waals surface area contributed by atoms with Crippen LogP contribution in [0.1, 0.15) is 5.76 Å². The molecular weight excluding hydrogens is 142 g/mol. The Morgan fingerprint density at radius 3 is 2.91 bits per heavy atom. The van der Waals surface area contributed by atoms with Crippen molar-refractivity contribution in [2.45, 2.75) is 6.92 Å². The second-order valence-corrected chi connectivity index (χ2v) is 2.25. The first-order chi connectivity index (χ1) is 5.36. The minimum absolute atomic E-state index is 0.535. The molecule has 0 amide bonds. The Bertz CT molecular complexity index is 335. The molecule has 0 bridgehead atoms. The number of hydrogen-bond donors (Lipinski definition) is 0. The van der Waals surface area contributed by atoms with Crippen molar-refractivity contribution in [1.82, 2.24) is 4.98 Å². The van der Waals surface area contributed by atoms with E-state index in [0.29, 0.717) is 11.7 Å². The Kier molecular flexibility index (Phi) is 1.28. The van der Waals surface area contributed by atoms with E-state index in [-0.39, 0.29) is 0 Å². The summed E-state index contributed by atoms with van der Waals surface area (Å²) in [5, 5.41) is 0. The molecule has 0 saturated carbocycles. The normalized spacial score (nSPS) is 10.3. The van der Waals surface area contributed by atoms with Crippen LogP contribution in [-0.4, -0.2) is 4.98 Å². The molecule has 0 unspecified atom stereocenters. The zero-order valence-corrected chi connectivity index (χ0v) is 6.07. The largest absolute Gasteiger partial charge is 0.459 e. The zero-order valence-electron chi connectivity index (χ0n) is 6.07. The standard InChI is InChI=1S/C8H7NO2/c1-6-5-9-8(11-6)7-3-2-4-10-7/h2-5H,1H3. The third kappa shape index (κ3) is 1.05. The quantitative estimate of drug-likeness (QED) is 0.624. The van der Waals surface area contributed by atoms with Gasteiger partial charge in [0.15, 0.2) is 5.76 Å². The molecule has 0 aliphatic heterocycles. The van der Waals surface area contributed by atoms with Crippen LogP contribution in [0.5, 0.6) is 0 Å². The van der Waals surface area contributed by atoms with Gasteiger partial charge in [-0.1, -0.05) is 0 Å². The highest BCUT2D eigenvalue weighted by Gasteiger charge is 2.05. The van der Waals surface area contributed by atoms with Crippen LogP contribution in [-0.2, 0) is 0 Å². The van der Waals surface area contributed by atoms with Crippen LogP contribution in [0.4, 0.5) is 0 Å². The lowest BCUT2D eigenvalue weighted by Gasteiger charge is -1.84. The first-order valence-electron chi connectivity index (χ1n) is 3.32. The summed E-state index contributed by atoms with van der Waals surface area (Å²) in [6.45, 7) is 1.85. The molecule has 2 aromatic heterocycles. The lowest BCUT2D eigenvalue weighted by molar-refractivity contribution is 0.501. The maximum Gasteiger partial charge on any atom is 0.262 e. The molecule has 56 valence electrons. The average Bonchev–Trinajstić information content (AvgIpc) is 2.55. The van der Waals surface area contributed by atoms with Crippen LogP contribution in [0, 0.1) is 6.92 Å². The highest BCUT2D eigenvalue weighted by atomic mass is 16.4. The fourth-order valence-electron chi connectivity index (χ4n) is 0.869. The molecule has 0 fully saturated rings. The topological polar surface area (TPSA) is 39.2 Å². The number of oxazole rings is 1.